The van der Waals surface area contributed by atoms with E-state index in [0.717, 1.165) is 23.9 Å². The molecule has 1 nitrogen and oxygen atoms in total. The highest BCUT2D eigenvalue weighted by Crippen LogP contribution is 2.20. The van der Waals surface area contributed by atoms with Crippen LogP contribution in [0.1, 0.15) is 26.2 Å². The van der Waals surface area contributed by atoms with Crippen molar-refractivity contribution in [3.63, 3.8) is 0 Å². The molecular formula is C13H20ClNS. The van der Waals surface area contributed by atoms with Crippen molar-refractivity contribution in [2.45, 2.75) is 31.1 Å². The molecule has 0 aliphatic rings. The van der Waals surface area contributed by atoms with Gasteiger partial charge in [0, 0.05) is 22.2 Å². The van der Waals surface area contributed by atoms with Gasteiger partial charge in [0.15, 0.2) is 0 Å². The van der Waals surface area contributed by atoms with Gasteiger partial charge in [0.2, 0.25) is 0 Å². The third kappa shape index (κ3) is 6.41. The summed E-state index contributed by atoms with van der Waals surface area (Å²) in [7, 11) is 0. The average molecular weight is 258 g/mol. The van der Waals surface area contributed by atoms with Crippen LogP contribution in [0.25, 0.3) is 0 Å². The van der Waals surface area contributed by atoms with Crippen molar-refractivity contribution >= 4 is 23.4 Å². The summed E-state index contributed by atoms with van der Waals surface area (Å²) in [5, 5.41) is 4.27. The molecule has 1 aromatic rings. The molecule has 0 unspecified atom stereocenters. The minimum absolute atomic E-state index is 0.820. The maximum atomic E-state index is 5.91. The molecule has 0 spiro atoms. The van der Waals surface area contributed by atoms with Gasteiger partial charge in [-0.05, 0) is 31.2 Å². The molecule has 0 saturated carbocycles. The van der Waals surface area contributed by atoms with Crippen molar-refractivity contribution in [1.82, 2.24) is 5.32 Å². The van der Waals surface area contributed by atoms with Crippen LogP contribution in [0.3, 0.4) is 0 Å². The summed E-state index contributed by atoms with van der Waals surface area (Å²) >= 11 is 7.76. The fourth-order valence-electron chi connectivity index (χ4n) is 1.42. The fourth-order valence-corrected chi connectivity index (χ4v) is 2.55. The highest BCUT2D eigenvalue weighted by atomic mass is 35.5. The lowest BCUT2D eigenvalue weighted by molar-refractivity contribution is 0.636. The number of halogens is 1. The van der Waals surface area contributed by atoms with E-state index in [1.807, 2.05) is 30.0 Å². The highest BCUT2D eigenvalue weighted by Gasteiger charge is 1.94. The molecule has 90 valence electrons. The second-order valence-electron chi connectivity index (χ2n) is 3.76. The van der Waals surface area contributed by atoms with Crippen LogP contribution in [0.2, 0.25) is 5.02 Å². The largest absolute Gasteiger partial charge is 0.316 e. The van der Waals surface area contributed by atoms with Crippen molar-refractivity contribution in [3.05, 3.63) is 29.3 Å². The topological polar surface area (TPSA) is 12.0 Å². The van der Waals surface area contributed by atoms with E-state index in [4.69, 9.17) is 11.6 Å². The molecule has 0 heterocycles. The van der Waals surface area contributed by atoms with Gasteiger partial charge in [0.25, 0.3) is 0 Å². The van der Waals surface area contributed by atoms with Gasteiger partial charge in [0.05, 0.1) is 0 Å². The Morgan fingerprint density at radius 3 is 2.88 bits per heavy atom. The van der Waals surface area contributed by atoms with Gasteiger partial charge < -0.3 is 5.32 Å². The number of hydrogen-bond donors (Lipinski definition) is 1. The van der Waals surface area contributed by atoms with E-state index < -0.39 is 0 Å². The lowest BCUT2D eigenvalue weighted by Gasteiger charge is -2.04. The number of unbranched alkanes of at least 4 members (excludes halogenated alkanes) is 2. The summed E-state index contributed by atoms with van der Waals surface area (Å²) in [6, 6.07) is 8.03. The summed E-state index contributed by atoms with van der Waals surface area (Å²) in [5.74, 6) is 1.10. The first-order chi connectivity index (χ1) is 7.83. The van der Waals surface area contributed by atoms with Crippen molar-refractivity contribution < 1.29 is 0 Å². The maximum absolute atomic E-state index is 5.91. The number of hydrogen-bond acceptors (Lipinski definition) is 2. The summed E-state index contributed by atoms with van der Waals surface area (Å²) in [6.07, 6.45) is 3.91. The van der Waals surface area contributed by atoms with Crippen LogP contribution >= 0.6 is 23.4 Å². The standard InChI is InChI=1S/C13H20ClNS/c1-2-3-4-8-15-9-10-16-13-7-5-6-12(14)11-13/h5-7,11,15H,2-4,8-10H2,1H3. The Bertz CT molecular complexity index is 291. The Kier molecular flexibility index (Phi) is 7.73. The Morgan fingerprint density at radius 2 is 2.12 bits per heavy atom. The third-order valence-corrected chi connectivity index (χ3v) is 3.53. The molecule has 0 saturated heterocycles. The van der Waals surface area contributed by atoms with Crippen LogP contribution in [-0.2, 0) is 0 Å². The predicted molar refractivity (Wildman–Crippen MR) is 74.6 cm³/mol. The summed E-state index contributed by atoms with van der Waals surface area (Å²) < 4.78 is 0. The zero-order valence-electron chi connectivity index (χ0n) is 9.84. The second-order valence-corrected chi connectivity index (χ2v) is 5.37. The lowest BCUT2D eigenvalue weighted by atomic mass is 10.2. The maximum Gasteiger partial charge on any atom is 0.0417 e. The highest BCUT2D eigenvalue weighted by molar-refractivity contribution is 7.99. The van der Waals surface area contributed by atoms with E-state index in [0.29, 0.717) is 0 Å². The Labute approximate surface area is 108 Å². The van der Waals surface area contributed by atoms with Gasteiger partial charge in [-0.25, -0.2) is 0 Å². The minimum Gasteiger partial charge on any atom is -0.316 e. The molecule has 1 aromatic carbocycles. The van der Waals surface area contributed by atoms with Crippen molar-refractivity contribution in [2.75, 3.05) is 18.8 Å². The van der Waals surface area contributed by atoms with Crippen LogP contribution < -0.4 is 5.32 Å². The van der Waals surface area contributed by atoms with Crippen molar-refractivity contribution in [3.8, 4) is 0 Å². The molecule has 0 aliphatic carbocycles. The van der Waals surface area contributed by atoms with Gasteiger partial charge in [-0.2, -0.15) is 0 Å². The molecule has 0 bridgehead atoms. The number of nitrogens with one attached hydrogen (secondary N) is 1. The molecule has 0 radical (unpaired) electrons. The number of benzene rings is 1. The first-order valence-electron chi connectivity index (χ1n) is 5.92. The third-order valence-electron chi connectivity index (χ3n) is 2.30. The molecule has 0 fully saturated rings. The summed E-state index contributed by atoms with van der Waals surface area (Å²) in [5.41, 5.74) is 0. The van der Waals surface area contributed by atoms with E-state index >= 15 is 0 Å². The van der Waals surface area contributed by atoms with Gasteiger partial charge >= 0.3 is 0 Å². The van der Waals surface area contributed by atoms with Crippen LogP contribution in [0.15, 0.2) is 29.2 Å². The predicted octanol–water partition coefficient (Wildman–Crippen LogP) is 4.21. The van der Waals surface area contributed by atoms with Crippen LogP contribution in [0.4, 0.5) is 0 Å². The lowest BCUT2D eigenvalue weighted by Crippen LogP contribution is -2.18. The molecule has 0 aromatic heterocycles. The number of thioether (sulfide) groups is 1. The fraction of sp³-hybridized carbons (Fsp3) is 0.538. The van der Waals surface area contributed by atoms with E-state index in [1.165, 1.54) is 24.2 Å². The Balaban J connectivity index is 2.03. The number of rotatable bonds is 8. The van der Waals surface area contributed by atoms with E-state index in [9.17, 15) is 0 Å². The van der Waals surface area contributed by atoms with Gasteiger partial charge in [0.1, 0.15) is 0 Å². The summed E-state index contributed by atoms with van der Waals surface area (Å²) in [4.78, 5) is 1.25. The van der Waals surface area contributed by atoms with E-state index in [1.54, 1.807) is 0 Å². The molecule has 16 heavy (non-hydrogen) atoms. The normalized spacial score (nSPS) is 10.6. The van der Waals surface area contributed by atoms with E-state index in [-0.39, 0.29) is 0 Å². The van der Waals surface area contributed by atoms with Crippen molar-refractivity contribution in [1.29, 1.82) is 0 Å². The molecule has 3 heteroatoms. The van der Waals surface area contributed by atoms with Crippen molar-refractivity contribution in [2.24, 2.45) is 0 Å². The SMILES string of the molecule is CCCCCNCCSc1cccc(Cl)c1. The quantitative estimate of drug-likeness (QED) is 0.553. The minimum atomic E-state index is 0.820. The molecule has 1 N–H and O–H groups in total. The second kappa shape index (κ2) is 8.91. The summed E-state index contributed by atoms with van der Waals surface area (Å²) in [6.45, 7) is 4.44. The Hall–Kier alpha value is -0.180. The smallest absolute Gasteiger partial charge is 0.0417 e. The molecule has 0 aliphatic heterocycles. The van der Waals surface area contributed by atoms with Crippen LogP contribution in [-0.4, -0.2) is 18.8 Å². The van der Waals surface area contributed by atoms with Gasteiger partial charge in [-0.3, -0.25) is 0 Å². The monoisotopic (exact) mass is 257 g/mol. The zero-order valence-corrected chi connectivity index (χ0v) is 11.4. The van der Waals surface area contributed by atoms with Gasteiger partial charge in [-0.15, -0.1) is 11.8 Å². The molecule has 0 atom stereocenters. The zero-order chi connectivity index (χ0) is 11.6. The molecule has 1 rings (SSSR count). The van der Waals surface area contributed by atoms with Crippen LogP contribution in [0, 0.1) is 0 Å². The van der Waals surface area contributed by atoms with E-state index in [2.05, 4.69) is 18.3 Å². The molecule has 0 amide bonds. The average Bonchev–Trinajstić information content (AvgIpc) is 2.28. The Morgan fingerprint density at radius 1 is 1.25 bits per heavy atom. The van der Waals surface area contributed by atoms with Crippen LogP contribution in [0.5, 0.6) is 0 Å². The first-order valence-corrected chi connectivity index (χ1v) is 7.28. The van der Waals surface area contributed by atoms with Gasteiger partial charge in [-0.1, -0.05) is 37.4 Å². The molecular weight excluding hydrogens is 238 g/mol. The first kappa shape index (κ1) is 13.9.